The number of aromatic nitrogens is 1. The highest BCUT2D eigenvalue weighted by atomic mass is 32.1. The van der Waals surface area contributed by atoms with Gasteiger partial charge in [-0.15, -0.1) is 11.3 Å². The second kappa shape index (κ2) is 12.2. The lowest BCUT2D eigenvalue weighted by atomic mass is 9.89. The van der Waals surface area contributed by atoms with Gasteiger partial charge < -0.3 is 0 Å². The summed E-state index contributed by atoms with van der Waals surface area (Å²) in [4.78, 5) is 5.04. The molecular formula is C28H39NS. The van der Waals surface area contributed by atoms with Crippen molar-refractivity contribution in [3.05, 3.63) is 64.2 Å². The second-order valence-corrected chi connectivity index (χ2v) is 9.97. The van der Waals surface area contributed by atoms with Gasteiger partial charge in [0.25, 0.3) is 0 Å². The summed E-state index contributed by atoms with van der Waals surface area (Å²) in [7, 11) is 0. The lowest BCUT2D eigenvalue weighted by molar-refractivity contribution is 0.540. The fourth-order valence-electron chi connectivity index (χ4n) is 4.42. The molecule has 0 fully saturated rings. The molecule has 0 aliphatic heterocycles. The third-order valence-electron chi connectivity index (χ3n) is 6.27. The molecule has 1 aromatic heterocycles. The van der Waals surface area contributed by atoms with Gasteiger partial charge in [0.15, 0.2) is 0 Å². The van der Waals surface area contributed by atoms with Crippen molar-refractivity contribution in [2.45, 2.75) is 97.3 Å². The van der Waals surface area contributed by atoms with Crippen molar-refractivity contribution in [2.24, 2.45) is 0 Å². The Kier molecular flexibility index (Phi) is 9.39. The number of thiazole rings is 1. The Morgan fingerprint density at radius 2 is 1.47 bits per heavy atom. The Morgan fingerprint density at radius 3 is 2.17 bits per heavy atom. The first-order valence-corrected chi connectivity index (χ1v) is 12.9. The van der Waals surface area contributed by atoms with E-state index in [1.54, 1.807) is 0 Å². The van der Waals surface area contributed by atoms with E-state index in [4.69, 9.17) is 4.98 Å². The average molecular weight is 422 g/mol. The molecular weight excluding hydrogens is 382 g/mol. The minimum atomic E-state index is 0.427. The molecule has 0 spiro atoms. The van der Waals surface area contributed by atoms with Gasteiger partial charge in [0.2, 0.25) is 0 Å². The minimum Gasteiger partial charge on any atom is -0.241 e. The van der Waals surface area contributed by atoms with Gasteiger partial charge in [-0.2, -0.15) is 0 Å². The zero-order valence-electron chi connectivity index (χ0n) is 19.3. The molecule has 2 heteroatoms. The maximum Gasteiger partial charge on any atom is 0.101 e. The molecule has 1 nitrogen and oxygen atoms in total. The zero-order valence-corrected chi connectivity index (χ0v) is 20.1. The van der Waals surface area contributed by atoms with Gasteiger partial charge in [-0.1, -0.05) is 107 Å². The number of hydrogen-bond donors (Lipinski definition) is 0. The van der Waals surface area contributed by atoms with Crippen molar-refractivity contribution in [2.75, 3.05) is 0 Å². The summed E-state index contributed by atoms with van der Waals surface area (Å²) in [6.07, 6.45) is 15.1. The number of aryl methyl sites for hydroxylation is 2. The number of fused-ring (bicyclic) bond motifs is 1. The van der Waals surface area contributed by atoms with Gasteiger partial charge in [-0.3, -0.25) is 0 Å². The maximum atomic E-state index is 5.04. The largest absolute Gasteiger partial charge is 0.241 e. The van der Waals surface area contributed by atoms with Crippen molar-refractivity contribution < 1.29 is 0 Å². The minimum absolute atomic E-state index is 0.427. The Hall–Kier alpha value is -1.67. The van der Waals surface area contributed by atoms with Crippen LogP contribution in [0, 0.1) is 13.8 Å². The molecule has 0 saturated carbocycles. The summed E-state index contributed by atoms with van der Waals surface area (Å²) in [6, 6.07) is 15.5. The van der Waals surface area contributed by atoms with Gasteiger partial charge in [0, 0.05) is 5.92 Å². The summed E-state index contributed by atoms with van der Waals surface area (Å²) < 4.78 is 1.31. The van der Waals surface area contributed by atoms with Crippen molar-refractivity contribution in [3.63, 3.8) is 0 Å². The van der Waals surface area contributed by atoms with Crippen LogP contribution in [0.3, 0.4) is 0 Å². The van der Waals surface area contributed by atoms with Crippen LogP contribution in [0.4, 0.5) is 0 Å². The molecule has 0 aliphatic carbocycles. The molecule has 1 unspecified atom stereocenters. The third-order valence-corrected chi connectivity index (χ3v) is 7.42. The fraction of sp³-hybridized carbons (Fsp3) is 0.536. The van der Waals surface area contributed by atoms with Gasteiger partial charge in [-0.25, -0.2) is 4.98 Å². The molecule has 3 aromatic rings. The highest BCUT2D eigenvalue weighted by molar-refractivity contribution is 7.18. The fourth-order valence-corrected chi connectivity index (χ4v) is 5.54. The lowest BCUT2D eigenvalue weighted by Gasteiger charge is -2.18. The van der Waals surface area contributed by atoms with Crippen LogP contribution >= 0.6 is 11.3 Å². The van der Waals surface area contributed by atoms with E-state index in [9.17, 15) is 0 Å². The summed E-state index contributed by atoms with van der Waals surface area (Å²) in [5, 5.41) is 1.29. The Labute approximate surface area is 188 Å². The number of unbranched alkanes of at least 4 members (excludes halogenated alkanes) is 9. The van der Waals surface area contributed by atoms with Crippen LogP contribution in [0.1, 0.15) is 105 Å². The third kappa shape index (κ3) is 6.67. The topological polar surface area (TPSA) is 12.9 Å². The van der Waals surface area contributed by atoms with Gasteiger partial charge >= 0.3 is 0 Å². The first kappa shape index (κ1) is 23.0. The van der Waals surface area contributed by atoms with Crippen LogP contribution in [0.25, 0.3) is 10.2 Å². The van der Waals surface area contributed by atoms with Crippen molar-refractivity contribution >= 4 is 21.6 Å². The molecule has 0 saturated heterocycles. The van der Waals surface area contributed by atoms with Crippen LogP contribution in [0.15, 0.2) is 42.5 Å². The molecule has 1 heterocycles. The molecule has 0 radical (unpaired) electrons. The van der Waals surface area contributed by atoms with E-state index in [2.05, 4.69) is 63.2 Å². The molecule has 30 heavy (non-hydrogen) atoms. The highest BCUT2D eigenvalue weighted by Crippen LogP contribution is 2.37. The number of nitrogens with zero attached hydrogens (tertiary/aromatic N) is 1. The normalized spacial score (nSPS) is 12.5. The molecule has 0 amide bonds. The van der Waals surface area contributed by atoms with E-state index in [1.807, 2.05) is 11.3 Å². The molecule has 1 atom stereocenters. The molecule has 3 rings (SSSR count). The lowest BCUT2D eigenvalue weighted by Crippen LogP contribution is -2.04. The molecule has 0 aliphatic rings. The standard InChI is InChI=1S/C28H39NS/c1-4-5-6-7-8-9-10-11-12-13-16-24(25-21-22(2)19-20-23(25)3)28-29-26-17-14-15-18-27(26)30-28/h14-15,17-21,24H,4-13,16H2,1-3H3. The number of para-hydroxylation sites is 1. The quantitative estimate of drug-likeness (QED) is 0.250. The van der Waals surface area contributed by atoms with Crippen LogP contribution in [-0.2, 0) is 0 Å². The van der Waals surface area contributed by atoms with E-state index in [0.717, 1.165) is 5.52 Å². The van der Waals surface area contributed by atoms with Crippen LogP contribution in [0.5, 0.6) is 0 Å². The smallest absolute Gasteiger partial charge is 0.101 e. The van der Waals surface area contributed by atoms with Gasteiger partial charge in [0.05, 0.1) is 10.2 Å². The Bertz CT molecular complexity index is 862. The Balaban J connectivity index is 1.58. The Morgan fingerprint density at radius 1 is 0.800 bits per heavy atom. The van der Waals surface area contributed by atoms with Gasteiger partial charge in [0.1, 0.15) is 5.01 Å². The average Bonchev–Trinajstić information content (AvgIpc) is 3.18. The van der Waals surface area contributed by atoms with Crippen LogP contribution < -0.4 is 0 Å². The van der Waals surface area contributed by atoms with Crippen LogP contribution in [-0.4, -0.2) is 4.98 Å². The predicted octanol–water partition coefficient (Wildman–Crippen LogP) is 9.36. The molecule has 0 N–H and O–H groups in total. The first-order chi connectivity index (χ1) is 14.7. The number of rotatable bonds is 13. The van der Waals surface area contributed by atoms with Crippen molar-refractivity contribution in [3.8, 4) is 0 Å². The molecule has 162 valence electrons. The number of benzene rings is 2. The zero-order chi connectivity index (χ0) is 21.2. The summed E-state index contributed by atoms with van der Waals surface area (Å²) in [5.74, 6) is 0.427. The first-order valence-electron chi connectivity index (χ1n) is 12.1. The van der Waals surface area contributed by atoms with E-state index in [1.165, 1.54) is 97.0 Å². The van der Waals surface area contributed by atoms with Crippen molar-refractivity contribution in [1.82, 2.24) is 4.98 Å². The number of hydrogen-bond acceptors (Lipinski definition) is 2. The van der Waals surface area contributed by atoms with E-state index in [0.29, 0.717) is 5.92 Å². The monoisotopic (exact) mass is 421 g/mol. The van der Waals surface area contributed by atoms with Crippen LogP contribution in [0.2, 0.25) is 0 Å². The van der Waals surface area contributed by atoms with E-state index >= 15 is 0 Å². The maximum absolute atomic E-state index is 5.04. The van der Waals surface area contributed by atoms with E-state index < -0.39 is 0 Å². The molecule has 0 bridgehead atoms. The van der Waals surface area contributed by atoms with Gasteiger partial charge in [-0.05, 0) is 43.5 Å². The second-order valence-electron chi connectivity index (χ2n) is 8.90. The summed E-state index contributed by atoms with van der Waals surface area (Å²) >= 11 is 1.88. The highest BCUT2D eigenvalue weighted by Gasteiger charge is 2.20. The summed E-state index contributed by atoms with van der Waals surface area (Å²) in [5.41, 5.74) is 5.38. The summed E-state index contributed by atoms with van der Waals surface area (Å²) in [6.45, 7) is 6.76. The molecule has 2 aromatic carbocycles. The predicted molar refractivity (Wildman–Crippen MR) is 134 cm³/mol. The SMILES string of the molecule is CCCCCCCCCCCCC(c1nc2ccccc2s1)c1cc(C)ccc1C. The van der Waals surface area contributed by atoms with E-state index in [-0.39, 0.29) is 0 Å². The van der Waals surface area contributed by atoms with Crippen molar-refractivity contribution in [1.29, 1.82) is 0 Å².